The second-order valence-electron chi connectivity index (χ2n) is 5.92. The van der Waals surface area contributed by atoms with Crippen molar-refractivity contribution in [3.05, 3.63) is 22.6 Å². The molecule has 0 aromatic carbocycles. The largest absolute Gasteiger partial charge is 0.467 e. The maximum absolute atomic E-state index is 12.2. The lowest BCUT2D eigenvalue weighted by atomic mass is 9.94. The van der Waals surface area contributed by atoms with Crippen LogP contribution in [-0.4, -0.2) is 51.1 Å². The van der Waals surface area contributed by atoms with Crippen LogP contribution in [0.15, 0.2) is 17.1 Å². The molecule has 0 unspecified atom stereocenters. The molecule has 1 saturated heterocycles. The zero-order valence-corrected chi connectivity index (χ0v) is 14.4. The van der Waals surface area contributed by atoms with Crippen LogP contribution in [-0.2, 0) is 0 Å². The Labute approximate surface area is 140 Å². The highest BCUT2D eigenvalue weighted by atomic mass is 31.2. The van der Waals surface area contributed by atoms with Crippen molar-refractivity contribution in [2.24, 2.45) is 5.92 Å². The van der Waals surface area contributed by atoms with Gasteiger partial charge in [-0.05, 0) is 31.2 Å². The molecule has 130 valence electrons. The summed E-state index contributed by atoms with van der Waals surface area (Å²) in [5.41, 5.74) is 0.354. The molecule has 1 aliphatic heterocycles. The van der Waals surface area contributed by atoms with Gasteiger partial charge in [-0.25, -0.2) is 0 Å². The fourth-order valence-corrected chi connectivity index (χ4v) is 3.70. The van der Waals surface area contributed by atoms with Crippen molar-refractivity contribution in [2.75, 3.05) is 31.3 Å². The third kappa shape index (κ3) is 3.66. The number of aromatic amines is 1. The van der Waals surface area contributed by atoms with E-state index in [9.17, 15) is 4.79 Å². The van der Waals surface area contributed by atoms with Gasteiger partial charge in [-0.3, -0.25) is 4.79 Å². The van der Waals surface area contributed by atoms with Gasteiger partial charge in [-0.1, -0.05) is 0 Å². The van der Waals surface area contributed by atoms with Crippen molar-refractivity contribution in [2.45, 2.75) is 19.3 Å². The molecule has 9 heteroatoms. The summed E-state index contributed by atoms with van der Waals surface area (Å²) in [6.07, 6.45) is 4.71. The van der Waals surface area contributed by atoms with Crippen LogP contribution < -0.4 is 15.2 Å². The molecule has 1 aliphatic rings. The van der Waals surface area contributed by atoms with Crippen molar-refractivity contribution in [1.29, 1.82) is 0 Å². The third-order valence-corrected chi connectivity index (χ3v) is 5.07. The number of piperidine rings is 1. The number of pyridine rings is 1. The quantitative estimate of drug-likeness (QED) is 0.694. The molecule has 2 aromatic heterocycles. The van der Waals surface area contributed by atoms with Gasteiger partial charge in [-0.2, -0.15) is 9.97 Å². The van der Waals surface area contributed by atoms with E-state index in [0.29, 0.717) is 28.8 Å². The highest BCUT2D eigenvalue weighted by molar-refractivity contribution is 7.45. The molecule has 0 bridgehead atoms. The summed E-state index contributed by atoms with van der Waals surface area (Å²) in [6, 6.07) is 1.98. The molecular formula is C15H21N4O4P. The van der Waals surface area contributed by atoms with Gasteiger partial charge in [-0.15, -0.1) is 0 Å². The second kappa shape index (κ2) is 7.42. The second-order valence-corrected chi connectivity index (χ2v) is 7.11. The predicted molar refractivity (Wildman–Crippen MR) is 92.5 cm³/mol. The van der Waals surface area contributed by atoms with Crippen LogP contribution in [0.2, 0.25) is 0 Å². The molecule has 0 atom stereocenters. The van der Waals surface area contributed by atoms with Gasteiger partial charge >= 0.3 is 6.01 Å². The molecule has 3 heterocycles. The molecule has 2 aromatic rings. The maximum atomic E-state index is 12.2. The number of hydrogen-bond donors (Lipinski definition) is 3. The Morgan fingerprint density at radius 1 is 1.38 bits per heavy atom. The van der Waals surface area contributed by atoms with Crippen LogP contribution in [0, 0.1) is 5.92 Å². The molecule has 0 amide bonds. The Hall–Kier alpha value is -1.76. The minimum atomic E-state index is -1.81. The van der Waals surface area contributed by atoms with E-state index in [0.717, 1.165) is 32.4 Å². The smallest absolute Gasteiger partial charge is 0.318 e. The first-order chi connectivity index (χ1) is 11.6. The summed E-state index contributed by atoms with van der Waals surface area (Å²) in [4.78, 5) is 43.7. The minimum Gasteiger partial charge on any atom is -0.467 e. The molecule has 3 rings (SSSR count). The lowest BCUT2D eigenvalue weighted by Gasteiger charge is -2.33. The van der Waals surface area contributed by atoms with E-state index in [1.165, 1.54) is 7.11 Å². The summed E-state index contributed by atoms with van der Waals surface area (Å²) in [5, 5.41) is 0.478. The zero-order valence-electron chi connectivity index (χ0n) is 13.5. The molecule has 8 nitrogen and oxygen atoms in total. The fraction of sp³-hybridized carbons (Fsp3) is 0.533. The molecule has 0 spiro atoms. The highest BCUT2D eigenvalue weighted by Gasteiger charge is 2.24. The molecule has 24 heavy (non-hydrogen) atoms. The van der Waals surface area contributed by atoms with Crippen LogP contribution >= 0.6 is 8.38 Å². The Balaban J connectivity index is 1.84. The van der Waals surface area contributed by atoms with Crippen molar-refractivity contribution < 1.29 is 14.5 Å². The Bertz CT molecular complexity index is 759. The number of fused-ring (bicyclic) bond motifs is 1. The molecule has 3 N–H and O–H groups in total. The summed E-state index contributed by atoms with van der Waals surface area (Å²) in [6.45, 7) is 1.53. The van der Waals surface area contributed by atoms with Crippen molar-refractivity contribution in [3.63, 3.8) is 0 Å². The van der Waals surface area contributed by atoms with Gasteiger partial charge in [0.15, 0.2) is 8.38 Å². The van der Waals surface area contributed by atoms with E-state index in [1.54, 1.807) is 12.3 Å². The monoisotopic (exact) mass is 352 g/mol. The van der Waals surface area contributed by atoms with Crippen LogP contribution in [0.4, 0.5) is 5.82 Å². The summed E-state index contributed by atoms with van der Waals surface area (Å²) in [7, 11) is -0.305. The maximum Gasteiger partial charge on any atom is 0.318 e. The molecule has 0 radical (unpaired) electrons. The van der Waals surface area contributed by atoms with E-state index >= 15 is 0 Å². The lowest BCUT2D eigenvalue weighted by molar-refractivity contribution is 0.374. The average molecular weight is 352 g/mol. The normalized spacial score (nSPS) is 16.1. The van der Waals surface area contributed by atoms with E-state index in [4.69, 9.17) is 14.5 Å². The number of H-pyrrole nitrogens is 1. The SMILES string of the molecule is COc1nc(N2CCC(CCP(O)O)CC2)c2c(=O)[nH]ccc2n1. The van der Waals surface area contributed by atoms with Crippen LogP contribution in [0.5, 0.6) is 6.01 Å². The molecule has 0 saturated carbocycles. The highest BCUT2D eigenvalue weighted by Crippen LogP contribution is 2.32. The number of anilines is 1. The van der Waals surface area contributed by atoms with Gasteiger partial charge in [0.2, 0.25) is 0 Å². The lowest BCUT2D eigenvalue weighted by Crippen LogP contribution is -2.35. The van der Waals surface area contributed by atoms with Gasteiger partial charge in [0.25, 0.3) is 5.56 Å². The van der Waals surface area contributed by atoms with E-state index in [1.807, 2.05) is 0 Å². The minimum absolute atomic E-state index is 0.210. The van der Waals surface area contributed by atoms with Crippen molar-refractivity contribution in [3.8, 4) is 6.01 Å². The number of hydrogen-bond acceptors (Lipinski definition) is 7. The number of nitrogens with zero attached hydrogens (tertiary/aromatic N) is 3. The van der Waals surface area contributed by atoms with Gasteiger partial charge in [0.1, 0.15) is 11.2 Å². The number of aromatic nitrogens is 3. The van der Waals surface area contributed by atoms with Crippen molar-refractivity contribution >= 4 is 25.1 Å². The third-order valence-electron chi connectivity index (χ3n) is 4.41. The topological polar surface area (TPSA) is 112 Å². The fourth-order valence-electron chi connectivity index (χ4n) is 3.10. The van der Waals surface area contributed by atoms with Gasteiger partial charge < -0.3 is 24.4 Å². The number of nitrogens with one attached hydrogen (secondary N) is 1. The summed E-state index contributed by atoms with van der Waals surface area (Å²) in [5.74, 6) is 1.07. The van der Waals surface area contributed by atoms with Crippen LogP contribution in [0.1, 0.15) is 19.3 Å². The first-order valence-corrected chi connectivity index (χ1v) is 9.35. The first-order valence-electron chi connectivity index (χ1n) is 7.92. The van der Waals surface area contributed by atoms with E-state index < -0.39 is 8.38 Å². The summed E-state index contributed by atoms with van der Waals surface area (Å²) >= 11 is 0. The zero-order chi connectivity index (χ0) is 17.1. The molecule has 1 fully saturated rings. The predicted octanol–water partition coefficient (Wildman–Crippen LogP) is 1.23. The van der Waals surface area contributed by atoms with Gasteiger partial charge in [0, 0.05) is 25.4 Å². The number of methoxy groups -OCH3 is 1. The summed E-state index contributed by atoms with van der Waals surface area (Å²) < 4.78 is 5.17. The Morgan fingerprint density at radius 2 is 2.12 bits per heavy atom. The standard InChI is InChI=1S/C15H21N4O4P/c1-23-15-17-11-2-6-16-14(20)12(11)13(18-15)19-7-3-10(4-8-19)5-9-24(21)22/h2,6,10,21-22H,3-5,7-9H2,1H3,(H,16,20). The van der Waals surface area contributed by atoms with Gasteiger partial charge in [0.05, 0.1) is 12.6 Å². The van der Waals surface area contributed by atoms with Crippen molar-refractivity contribution in [1.82, 2.24) is 15.0 Å². The van der Waals surface area contributed by atoms with Crippen LogP contribution in [0.25, 0.3) is 10.9 Å². The Kier molecular flexibility index (Phi) is 5.28. The van der Waals surface area contributed by atoms with Crippen LogP contribution in [0.3, 0.4) is 0 Å². The molecular weight excluding hydrogens is 331 g/mol. The average Bonchev–Trinajstić information content (AvgIpc) is 2.59. The number of ether oxygens (including phenoxy) is 1. The number of rotatable bonds is 5. The van der Waals surface area contributed by atoms with E-state index in [2.05, 4.69) is 19.9 Å². The van der Waals surface area contributed by atoms with E-state index in [-0.39, 0.29) is 11.6 Å². The first kappa shape index (κ1) is 17.1. The Morgan fingerprint density at radius 3 is 2.79 bits per heavy atom. The molecule has 0 aliphatic carbocycles.